The van der Waals surface area contributed by atoms with E-state index in [0.717, 1.165) is 29.4 Å². The molecular weight excluding hydrogens is 278 g/mol. The van der Waals surface area contributed by atoms with Crippen molar-refractivity contribution < 1.29 is 4.74 Å². The number of ether oxygens (including phenoxy) is 1. The summed E-state index contributed by atoms with van der Waals surface area (Å²) in [5.41, 5.74) is 1.21. The van der Waals surface area contributed by atoms with Crippen molar-refractivity contribution in [3.05, 3.63) is 28.2 Å². The van der Waals surface area contributed by atoms with Crippen molar-refractivity contribution in [1.82, 2.24) is 5.32 Å². The van der Waals surface area contributed by atoms with Crippen molar-refractivity contribution in [2.75, 3.05) is 13.2 Å². The highest BCUT2D eigenvalue weighted by atomic mass is 79.9. The Balaban J connectivity index is 1.68. The van der Waals surface area contributed by atoms with Crippen molar-refractivity contribution in [3.63, 3.8) is 0 Å². The average Bonchev–Trinajstić information content (AvgIpc) is 2.82. The summed E-state index contributed by atoms with van der Waals surface area (Å²) in [6.45, 7) is 3.77. The molecule has 1 fully saturated rings. The van der Waals surface area contributed by atoms with Crippen molar-refractivity contribution in [2.45, 2.75) is 38.6 Å². The van der Waals surface area contributed by atoms with Crippen molar-refractivity contribution >= 4 is 15.9 Å². The fourth-order valence-electron chi connectivity index (χ4n) is 2.27. The molecule has 0 amide bonds. The zero-order valence-corrected chi connectivity index (χ0v) is 11.9. The molecule has 0 heterocycles. The fraction of sp³-hybridized carbons (Fsp3) is 0.571. The van der Waals surface area contributed by atoms with Gasteiger partial charge in [0, 0.05) is 17.1 Å². The van der Waals surface area contributed by atoms with Crippen LogP contribution in [0.1, 0.15) is 31.2 Å². The Morgan fingerprint density at radius 2 is 2.12 bits per heavy atom. The SMILES string of the molecule is Cc1cc(OCCNC2CCCC2)ccc1Br. The molecule has 0 unspecified atom stereocenters. The number of nitrogens with one attached hydrogen (secondary N) is 1. The molecule has 0 spiro atoms. The van der Waals surface area contributed by atoms with Crippen LogP contribution in [0.2, 0.25) is 0 Å². The van der Waals surface area contributed by atoms with Gasteiger partial charge < -0.3 is 10.1 Å². The molecule has 1 aromatic rings. The lowest BCUT2D eigenvalue weighted by atomic mass is 10.2. The van der Waals surface area contributed by atoms with Crippen molar-refractivity contribution in [2.24, 2.45) is 0 Å². The van der Waals surface area contributed by atoms with Crippen LogP contribution in [0.4, 0.5) is 0 Å². The Labute approximate surface area is 112 Å². The third-order valence-corrected chi connectivity index (χ3v) is 4.18. The van der Waals surface area contributed by atoms with E-state index in [0.29, 0.717) is 0 Å². The lowest BCUT2D eigenvalue weighted by molar-refractivity contribution is 0.305. The second-order valence-electron chi connectivity index (χ2n) is 4.69. The summed E-state index contributed by atoms with van der Waals surface area (Å²) in [6.07, 6.45) is 5.42. The summed E-state index contributed by atoms with van der Waals surface area (Å²) in [4.78, 5) is 0. The first-order valence-corrected chi connectivity index (χ1v) is 7.17. The first-order chi connectivity index (χ1) is 8.25. The molecular formula is C14H20BrNO. The highest BCUT2D eigenvalue weighted by Gasteiger charge is 2.13. The lowest BCUT2D eigenvalue weighted by Crippen LogP contribution is -2.30. The van der Waals surface area contributed by atoms with Gasteiger partial charge in [-0.15, -0.1) is 0 Å². The second-order valence-corrected chi connectivity index (χ2v) is 5.55. The van der Waals surface area contributed by atoms with E-state index in [1.807, 2.05) is 12.1 Å². The second kappa shape index (κ2) is 6.41. The van der Waals surface area contributed by atoms with Crippen LogP contribution in [0.3, 0.4) is 0 Å². The lowest BCUT2D eigenvalue weighted by Gasteiger charge is -2.12. The summed E-state index contributed by atoms with van der Waals surface area (Å²) >= 11 is 3.49. The Morgan fingerprint density at radius 1 is 1.35 bits per heavy atom. The topological polar surface area (TPSA) is 21.3 Å². The number of aryl methyl sites for hydroxylation is 1. The van der Waals surface area contributed by atoms with E-state index in [-0.39, 0.29) is 0 Å². The maximum absolute atomic E-state index is 5.72. The molecule has 0 radical (unpaired) electrons. The predicted molar refractivity (Wildman–Crippen MR) is 74.6 cm³/mol. The van der Waals surface area contributed by atoms with E-state index in [2.05, 4.69) is 34.2 Å². The van der Waals surface area contributed by atoms with E-state index in [4.69, 9.17) is 4.74 Å². The molecule has 1 aliphatic rings. The predicted octanol–water partition coefficient (Wildman–Crippen LogP) is 3.67. The smallest absolute Gasteiger partial charge is 0.119 e. The minimum Gasteiger partial charge on any atom is -0.492 e. The van der Waals surface area contributed by atoms with Gasteiger partial charge in [0.25, 0.3) is 0 Å². The van der Waals surface area contributed by atoms with Gasteiger partial charge in [-0.05, 0) is 43.5 Å². The van der Waals surface area contributed by atoms with Crippen LogP contribution in [0.15, 0.2) is 22.7 Å². The normalized spacial score (nSPS) is 16.4. The third kappa shape index (κ3) is 4.00. The van der Waals surface area contributed by atoms with Crippen molar-refractivity contribution in [3.8, 4) is 5.75 Å². The first kappa shape index (κ1) is 12.9. The molecule has 0 aromatic heterocycles. The Morgan fingerprint density at radius 3 is 2.82 bits per heavy atom. The van der Waals surface area contributed by atoms with Gasteiger partial charge in [0.05, 0.1) is 0 Å². The average molecular weight is 298 g/mol. The molecule has 0 aliphatic heterocycles. The van der Waals surface area contributed by atoms with Crippen LogP contribution >= 0.6 is 15.9 Å². The summed E-state index contributed by atoms with van der Waals surface area (Å²) < 4.78 is 6.85. The van der Waals surface area contributed by atoms with Crippen LogP contribution in [0.5, 0.6) is 5.75 Å². The van der Waals surface area contributed by atoms with Crippen LogP contribution in [0, 0.1) is 6.92 Å². The van der Waals surface area contributed by atoms with E-state index >= 15 is 0 Å². The maximum atomic E-state index is 5.72. The summed E-state index contributed by atoms with van der Waals surface area (Å²) in [5.74, 6) is 0.957. The quantitative estimate of drug-likeness (QED) is 0.838. The molecule has 0 saturated heterocycles. The molecule has 0 bridgehead atoms. The van der Waals surface area contributed by atoms with Gasteiger partial charge in [-0.2, -0.15) is 0 Å². The van der Waals surface area contributed by atoms with Crippen LogP contribution in [0.25, 0.3) is 0 Å². The molecule has 2 nitrogen and oxygen atoms in total. The summed E-state index contributed by atoms with van der Waals surface area (Å²) in [5, 5.41) is 3.54. The van der Waals surface area contributed by atoms with E-state index in [1.54, 1.807) is 0 Å². The van der Waals surface area contributed by atoms with Crippen LogP contribution in [-0.2, 0) is 0 Å². The number of hydrogen-bond acceptors (Lipinski definition) is 2. The highest BCUT2D eigenvalue weighted by molar-refractivity contribution is 9.10. The van der Waals surface area contributed by atoms with Gasteiger partial charge in [0.1, 0.15) is 12.4 Å². The number of hydrogen-bond donors (Lipinski definition) is 1. The van der Waals surface area contributed by atoms with Gasteiger partial charge >= 0.3 is 0 Å². The Hall–Kier alpha value is -0.540. The maximum Gasteiger partial charge on any atom is 0.119 e. The molecule has 1 aromatic carbocycles. The van der Waals surface area contributed by atoms with E-state index in [9.17, 15) is 0 Å². The zero-order chi connectivity index (χ0) is 12.1. The van der Waals surface area contributed by atoms with Gasteiger partial charge in [0.15, 0.2) is 0 Å². The summed E-state index contributed by atoms with van der Waals surface area (Å²) in [6, 6.07) is 6.84. The molecule has 2 rings (SSSR count). The van der Waals surface area contributed by atoms with Gasteiger partial charge in [-0.1, -0.05) is 28.8 Å². The monoisotopic (exact) mass is 297 g/mol. The van der Waals surface area contributed by atoms with Crippen LogP contribution < -0.4 is 10.1 Å². The minimum atomic E-state index is 0.727. The Bertz CT molecular complexity index is 361. The number of halogens is 1. The molecule has 1 N–H and O–H groups in total. The Kier molecular flexibility index (Phi) is 4.86. The molecule has 1 aliphatic carbocycles. The van der Waals surface area contributed by atoms with E-state index < -0.39 is 0 Å². The van der Waals surface area contributed by atoms with Gasteiger partial charge in [-0.3, -0.25) is 0 Å². The largest absolute Gasteiger partial charge is 0.492 e. The number of benzene rings is 1. The minimum absolute atomic E-state index is 0.727. The van der Waals surface area contributed by atoms with E-state index in [1.165, 1.54) is 31.2 Å². The molecule has 1 saturated carbocycles. The zero-order valence-electron chi connectivity index (χ0n) is 10.3. The third-order valence-electron chi connectivity index (χ3n) is 3.29. The highest BCUT2D eigenvalue weighted by Crippen LogP contribution is 2.21. The summed E-state index contributed by atoms with van der Waals surface area (Å²) in [7, 11) is 0. The molecule has 0 atom stereocenters. The molecule has 17 heavy (non-hydrogen) atoms. The molecule has 94 valence electrons. The van der Waals surface area contributed by atoms with Crippen LogP contribution in [-0.4, -0.2) is 19.2 Å². The fourth-order valence-corrected chi connectivity index (χ4v) is 2.52. The number of rotatable bonds is 5. The van der Waals surface area contributed by atoms with Gasteiger partial charge in [0.2, 0.25) is 0 Å². The standard InChI is InChI=1S/C14H20BrNO/c1-11-10-13(6-7-14(11)15)17-9-8-16-12-4-2-3-5-12/h6-7,10,12,16H,2-5,8-9H2,1H3. The van der Waals surface area contributed by atoms with Gasteiger partial charge in [-0.25, -0.2) is 0 Å². The molecule has 3 heteroatoms. The van der Waals surface area contributed by atoms with Crippen molar-refractivity contribution in [1.29, 1.82) is 0 Å². The first-order valence-electron chi connectivity index (χ1n) is 6.38.